The lowest BCUT2D eigenvalue weighted by Crippen LogP contribution is -2.37. The smallest absolute Gasteiger partial charge is 0.153 e. The minimum absolute atomic E-state index is 0.370. The minimum atomic E-state index is -0.484. The topological polar surface area (TPSA) is 33.0 Å². The van der Waals surface area contributed by atoms with Crippen molar-refractivity contribution >= 4 is 0 Å². The molecule has 0 heterocycles. The normalized spacial score (nSPS) is 33.8. The van der Waals surface area contributed by atoms with Crippen LogP contribution in [-0.4, -0.2) is 12.7 Å². The second-order valence-electron chi connectivity index (χ2n) is 5.45. The van der Waals surface area contributed by atoms with E-state index in [0.717, 1.165) is 31.6 Å². The van der Waals surface area contributed by atoms with Gasteiger partial charge in [-0.1, -0.05) is 20.8 Å². The molecule has 0 saturated heterocycles. The number of hydrogen-bond acceptors (Lipinski definition) is 2. The second kappa shape index (κ2) is 3.90. The van der Waals surface area contributed by atoms with E-state index in [1.807, 2.05) is 0 Å². The Morgan fingerprint density at radius 1 is 1.29 bits per heavy atom. The molecule has 80 valence electrons. The molecule has 2 nitrogen and oxygen atoms in total. The molecule has 0 spiro atoms. The Labute approximate surface area is 87.3 Å². The van der Waals surface area contributed by atoms with Crippen molar-refractivity contribution in [2.24, 2.45) is 11.3 Å². The number of rotatable bonds is 1. The lowest BCUT2D eigenvalue weighted by atomic mass is 9.68. The Hall–Kier alpha value is -0.550. The van der Waals surface area contributed by atoms with Gasteiger partial charge in [-0.15, -0.1) is 0 Å². The molecule has 1 aliphatic rings. The fourth-order valence-electron chi connectivity index (χ4n) is 2.31. The molecule has 0 aromatic rings. The number of nitrogens with zero attached hydrogens (tertiary/aromatic N) is 1. The van der Waals surface area contributed by atoms with Gasteiger partial charge < -0.3 is 4.74 Å². The van der Waals surface area contributed by atoms with Gasteiger partial charge in [0.05, 0.1) is 6.07 Å². The number of methoxy groups -OCH3 is 1. The van der Waals surface area contributed by atoms with Gasteiger partial charge in [-0.2, -0.15) is 5.26 Å². The van der Waals surface area contributed by atoms with E-state index in [4.69, 9.17) is 10.00 Å². The summed E-state index contributed by atoms with van der Waals surface area (Å²) in [7, 11) is 1.65. The average Bonchev–Trinajstić information content (AvgIpc) is 2.16. The molecule has 1 rings (SSSR count). The van der Waals surface area contributed by atoms with Gasteiger partial charge in [0.1, 0.15) is 0 Å². The van der Waals surface area contributed by atoms with Gasteiger partial charge in [0.15, 0.2) is 5.60 Å². The summed E-state index contributed by atoms with van der Waals surface area (Å²) in [6, 6.07) is 2.32. The molecule has 0 amide bonds. The van der Waals surface area contributed by atoms with Crippen molar-refractivity contribution in [3.8, 4) is 6.07 Å². The first-order valence-corrected chi connectivity index (χ1v) is 5.40. The summed E-state index contributed by atoms with van der Waals surface area (Å²) in [6.07, 6.45) is 4.01. The van der Waals surface area contributed by atoms with Crippen LogP contribution in [0.1, 0.15) is 46.5 Å². The Balaban J connectivity index is 2.59. The maximum Gasteiger partial charge on any atom is 0.153 e. The minimum Gasteiger partial charge on any atom is -0.363 e. The van der Waals surface area contributed by atoms with Crippen molar-refractivity contribution in [3.63, 3.8) is 0 Å². The number of ether oxygens (including phenoxy) is 1. The average molecular weight is 195 g/mol. The Morgan fingerprint density at radius 2 is 1.79 bits per heavy atom. The fourth-order valence-corrected chi connectivity index (χ4v) is 2.31. The molecule has 1 fully saturated rings. The van der Waals surface area contributed by atoms with Crippen molar-refractivity contribution in [1.29, 1.82) is 5.26 Å². The zero-order valence-electron chi connectivity index (χ0n) is 9.76. The molecule has 1 aliphatic carbocycles. The summed E-state index contributed by atoms with van der Waals surface area (Å²) in [5.74, 6) is 0.735. The van der Waals surface area contributed by atoms with Gasteiger partial charge >= 0.3 is 0 Å². The van der Waals surface area contributed by atoms with Crippen molar-refractivity contribution in [2.45, 2.75) is 52.1 Å². The van der Waals surface area contributed by atoms with E-state index in [2.05, 4.69) is 26.8 Å². The molecule has 0 aromatic heterocycles. The predicted molar refractivity (Wildman–Crippen MR) is 56.8 cm³/mol. The van der Waals surface area contributed by atoms with Crippen molar-refractivity contribution in [2.75, 3.05) is 7.11 Å². The summed E-state index contributed by atoms with van der Waals surface area (Å²) in [5, 5.41) is 9.06. The first-order chi connectivity index (χ1) is 6.43. The third-order valence-electron chi connectivity index (χ3n) is 3.61. The first-order valence-electron chi connectivity index (χ1n) is 5.40. The molecule has 0 atom stereocenters. The van der Waals surface area contributed by atoms with Crippen LogP contribution < -0.4 is 0 Å². The van der Waals surface area contributed by atoms with Gasteiger partial charge in [0, 0.05) is 7.11 Å². The predicted octanol–water partition coefficient (Wildman–Crippen LogP) is 3.13. The SMILES string of the molecule is COC1(C#N)CCC(C(C)(C)C)CC1. The number of nitriles is 1. The summed E-state index contributed by atoms with van der Waals surface area (Å²) in [6.45, 7) is 6.84. The van der Waals surface area contributed by atoms with Crippen LogP contribution in [0.4, 0.5) is 0 Å². The van der Waals surface area contributed by atoms with E-state index in [-0.39, 0.29) is 0 Å². The summed E-state index contributed by atoms with van der Waals surface area (Å²) < 4.78 is 5.33. The van der Waals surface area contributed by atoms with Gasteiger partial charge in [-0.25, -0.2) is 0 Å². The summed E-state index contributed by atoms with van der Waals surface area (Å²) >= 11 is 0. The van der Waals surface area contributed by atoms with Crippen LogP contribution in [0.25, 0.3) is 0 Å². The third-order valence-corrected chi connectivity index (χ3v) is 3.61. The third kappa shape index (κ3) is 2.27. The molecular weight excluding hydrogens is 174 g/mol. The molecular formula is C12H21NO. The first kappa shape index (κ1) is 11.5. The van der Waals surface area contributed by atoms with Gasteiger partial charge in [-0.3, -0.25) is 0 Å². The van der Waals surface area contributed by atoms with Crippen LogP contribution in [0.3, 0.4) is 0 Å². The van der Waals surface area contributed by atoms with E-state index < -0.39 is 5.60 Å². The van der Waals surface area contributed by atoms with Crippen LogP contribution >= 0.6 is 0 Å². The zero-order chi connectivity index (χ0) is 10.8. The molecule has 0 unspecified atom stereocenters. The van der Waals surface area contributed by atoms with Gasteiger partial charge in [-0.05, 0) is 37.0 Å². The van der Waals surface area contributed by atoms with Crippen LogP contribution in [0.5, 0.6) is 0 Å². The molecule has 0 bridgehead atoms. The zero-order valence-corrected chi connectivity index (χ0v) is 9.76. The van der Waals surface area contributed by atoms with Crippen molar-refractivity contribution in [1.82, 2.24) is 0 Å². The van der Waals surface area contributed by atoms with E-state index >= 15 is 0 Å². The van der Waals surface area contributed by atoms with Crippen molar-refractivity contribution in [3.05, 3.63) is 0 Å². The van der Waals surface area contributed by atoms with E-state index in [1.165, 1.54) is 0 Å². The lowest BCUT2D eigenvalue weighted by Gasteiger charge is -2.39. The molecule has 2 heteroatoms. The molecule has 0 aromatic carbocycles. The Morgan fingerprint density at radius 3 is 2.07 bits per heavy atom. The maximum absolute atomic E-state index is 9.06. The molecule has 14 heavy (non-hydrogen) atoms. The molecule has 1 saturated carbocycles. The van der Waals surface area contributed by atoms with Crippen LogP contribution in [0.15, 0.2) is 0 Å². The van der Waals surface area contributed by atoms with Crippen LogP contribution in [0, 0.1) is 22.7 Å². The quantitative estimate of drug-likeness (QED) is 0.644. The Bertz CT molecular complexity index is 226. The highest BCUT2D eigenvalue weighted by molar-refractivity contribution is 5.05. The summed E-state index contributed by atoms with van der Waals surface area (Å²) in [5.41, 5.74) is -0.114. The highest BCUT2D eigenvalue weighted by atomic mass is 16.5. The number of hydrogen-bond donors (Lipinski definition) is 0. The highest BCUT2D eigenvalue weighted by Crippen LogP contribution is 2.42. The van der Waals surface area contributed by atoms with Gasteiger partial charge in [0.25, 0.3) is 0 Å². The van der Waals surface area contributed by atoms with Crippen molar-refractivity contribution < 1.29 is 4.74 Å². The fraction of sp³-hybridized carbons (Fsp3) is 0.917. The van der Waals surface area contributed by atoms with Crippen LogP contribution in [0.2, 0.25) is 0 Å². The van der Waals surface area contributed by atoms with E-state index in [0.29, 0.717) is 5.41 Å². The standard InChI is InChI=1S/C12H21NO/c1-11(2,3)10-5-7-12(9-13,14-4)8-6-10/h10H,5-8H2,1-4H3. The molecule has 0 aliphatic heterocycles. The Kier molecular flexibility index (Phi) is 3.21. The summed E-state index contributed by atoms with van der Waals surface area (Å²) in [4.78, 5) is 0. The highest BCUT2D eigenvalue weighted by Gasteiger charge is 2.38. The van der Waals surface area contributed by atoms with Gasteiger partial charge in [0.2, 0.25) is 0 Å². The molecule has 0 radical (unpaired) electrons. The monoisotopic (exact) mass is 195 g/mol. The molecule has 0 N–H and O–H groups in total. The maximum atomic E-state index is 9.06. The van der Waals surface area contributed by atoms with Crippen LogP contribution in [-0.2, 0) is 4.74 Å². The van der Waals surface area contributed by atoms with E-state index in [9.17, 15) is 0 Å². The second-order valence-corrected chi connectivity index (χ2v) is 5.45. The largest absolute Gasteiger partial charge is 0.363 e. The lowest BCUT2D eigenvalue weighted by molar-refractivity contribution is -0.0176. The van der Waals surface area contributed by atoms with E-state index in [1.54, 1.807) is 7.11 Å².